The van der Waals surface area contributed by atoms with Gasteiger partial charge in [0.15, 0.2) is 0 Å². The zero-order valence-corrected chi connectivity index (χ0v) is 6.94. The topological polar surface area (TPSA) is 49.6 Å². The van der Waals surface area contributed by atoms with E-state index >= 15 is 0 Å². The lowest BCUT2D eigenvalue weighted by molar-refractivity contribution is 1.02. The first kappa shape index (κ1) is 7.69. The minimum atomic E-state index is 0.269. The molecule has 0 saturated carbocycles. The van der Waals surface area contributed by atoms with Crippen molar-refractivity contribution in [2.24, 2.45) is 0 Å². The number of aromatic nitrogens is 2. The van der Waals surface area contributed by atoms with Crippen molar-refractivity contribution in [1.82, 2.24) is 9.97 Å². The Kier molecular flexibility index (Phi) is 1.89. The molecule has 0 aliphatic heterocycles. The van der Waals surface area contributed by atoms with Gasteiger partial charge in [0.05, 0.1) is 18.0 Å². The maximum atomic E-state index is 8.46. The van der Waals surface area contributed by atoms with E-state index in [2.05, 4.69) is 9.97 Å². The van der Waals surface area contributed by atoms with E-state index in [0.717, 1.165) is 10.9 Å². The molecule has 1 aromatic carbocycles. The van der Waals surface area contributed by atoms with E-state index in [0.29, 0.717) is 5.82 Å². The summed E-state index contributed by atoms with van der Waals surface area (Å²) in [5.41, 5.74) is 0.891. The van der Waals surface area contributed by atoms with Gasteiger partial charge in [0, 0.05) is 11.6 Å². The van der Waals surface area contributed by atoms with Crippen LogP contribution in [0.5, 0.6) is 0 Å². The number of nitrogens with zero attached hydrogens (tertiary/aromatic N) is 3. The molecule has 3 nitrogen and oxygen atoms in total. The summed E-state index contributed by atoms with van der Waals surface area (Å²) >= 11 is 0. The molecule has 1 aromatic heterocycles. The molecule has 0 unspecified atom stereocenters. The van der Waals surface area contributed by atoms with Crippen LogP contribution in [0.2, 0.25) is 0 Å². The van der Waals surface area contributed by atoms with Crippen LogP contribution in [0.25, 0.3) is 10.9 Å². The van der Waals surface area contributed by atoms with Crippen molar-refractivity contribution in [1.29, 1.82) is 5.26 Å². The molecule has 0 aliphatic rings. The molecule has 0 bridgehead atoms. The number of fused-ring (bicyclic) bond motifs is 1. The number of para-hydroxylation sites is 1. The minimum Gasteiger partial charge on any atom is -0.240 e. The fourth-order valence-corrected chi connectivity index (χ4v) is 1.17. The first-order valence-electron chi connectivity index (χ1n) is 3.98. The average Bonchev–Trinajstić information content (AvgIpc) is 2.18. The van der Waals surface area contributed by atoms with E-state index in [1.807, 2.05) is 30.3 Å². The highest BCUT2D eigenvalue weighted by atomic mass is 14.9. The van der Waals surface area contributed by atoms with Gasteiger partial charge in [0.1, 0.15) is 5.82 Å². The fraction of sp³-hybridized carbons (Fsp3) is 0.100. The molecule has 0 atom stereocenters. The van der Waals surface area contributed by atoms with Gasteiger partial charge in [0.25, 0.3) is 0 Å². The second-order valence-electron chi connectivity index (χ2n) is 2.68. The third-order valence-corrected chi connectivity index (χ3v) is 1.78. The van der Waals surface area contributed by atoms with Crippen LogP contribution in [0, 0.1) is 11.3 Å². The molecule has 0 saturated heterocycles. The number of benzene rings is 1. The van der Waals surface area contributed by atoms with E-state index in [-0.39, 0.29) is 6.42 Å². The molecule has 0 spiro atoms. The van der Waals surface area contributed by atoms with E-state index in [1.54, 1.807) is 6.20 Å². The zero-order chi connectivity index (χ0) is 9.10. The highest BCUT2D eigenvalue weighted by molar-refractivity contribution is 5.77. The highest BCUT2D eigenvalue weighted by Crippen LogP contribution is 2.09. The standard InChI is InChI=1S/C10H7N3/c11-6-5-10-12-7-8-3-1-2-4-9(8)13-10/h1-4,7H,5H2. The second-order valence-corrected chi connectivity index (χ2v) is 2.68. The van der Waals surface area contributed by atoms with Crippen molar-refractivity contribution in [3.05, 3.63) is 36.3 Å². The lowest BCUT2D eigenvalue weighted by Crippen LogP contribution is -1.92. The number of nitriles is 1. The highest BCUT2D eigenvalue weighted by Gasteiger charge is 1.97. The SMILES string of the molecule is N#CCc1ncc2ccccc2n1. The Hall–Kier alpha value is -1.95. The van der Waals surface area contributed by atoms with Gasteiger partial charge in [-0.1, -0.05) is 18.2 Å². The smallest absolute Gasteiger partial charge is 0.143 e. The van der Waals surface area contributed by atoms with Gasteiger partial charge in [-0.3, -0.25) is 0 Å². The van der Waals surface area contributed by atoms with Gasteiger partial charge >= 0.3 is 0 Å². The van der Waals surface area contributed by atoms with Gasteiger partial charge in [0.2, 0.25) is 0 Å². The summed E-state index contributed by atoms with van der Waals surface area (Å²) in [5.74, 6) is 0.584. The van der Waals surface area contributed by atoms with E-state index in [1.165, 1.54) is 0 Å². The number of rotatable bonds is 1. The van der Waals surface area contributed by atoms with Crippen LogP contribution in [-0.4, -0.2) is 9.97 Å². The summed E-state index contributed by atoms with van der Waals surface area (Å²) in [5, 5.41) is 9.47. The molecule has 0 N–H and O–H groups in total. The Bertz CT molecular complexity index is 471. The monoisotopic (exact) mass is 169 g/mol. The molecule has 0 aliphatic carbocycles. The summed E-state index contributed by atoms with van der Waals surface area (Å²) in [6, 6.07) is 9.75. The van der Waals surface area contributed by atoms with Crippen molar-refractivity contribution >= 4 is 10.9 Å². The molecule has 13 heavy (non-hydrogen) atoms. The van der Waals surface area contributed by atoms with Crippen LogP contribution >= 0.6 is 0 Å². The fourth-order valence-electron chi connectivity index (χ4n) is 1.17. The molecule has 2 aromatic rings. The Morgan fingerprint density at radius 1 is 1.31 bits per heavy atom. The van der Waals surface area contributed by atoms with Crippen LogP contribution in [0.3, 0.4) is 0 Å². The van der Waals surface area contributed by atoms with Crippen LogP contribution in [0.1, 0.15) is 5.82 Å². The van der Waals surface area contributed by atoms with Gasteiger partial charge in [-0.15, -0.1) is 0 Å². The van der Waals surface area contributed by atoms with Gasteiger partial charge in [-0.05, 0) is 6.07 Å². The van der Waals surface area contributed by atoms with Crippen molar-refractivity contribution in [3.63, 3.8) is 0 Å². The predicted molar refractivity (Wildman–Crippen MR) is 48.9 cm³/mol. The van der Waals surface area contributed by atoms with Crippen LogP contribution in [0.15, 0.2) is 30.5 Å². The van der Waals surface area contributed by atoms with Crippen molar-refractivity contribution in [2.45, 2.75) is 6.42 Å². The second kappa shape index (κ2) is 3.20. The first-order chi connectivity index (χ1) is 6.40. The van der Waals surface area contributed by atoms with Crippen molar-refractivity contribution in [3.8, 4) is 6.07 Å². The number of hydrogen-bond donors (Lipinski definition) is 0. The Morgan fingerprint density at radius 3 is 3.00 bits per heavy atom. The van der Waals surface area contributed by atoms with Crippen LogP contribution < -0.4 is 0 Å². The molecule has 1 heterocycles. The van der Waals surface area contributed by atoms with E-state index < -0.39 is 0 Å². The summed E-state index contributed by atoms with van der Waals surface area (Å²) in [7, 11) is 0. The lowest BCUT2D eigenvalue weighted by atomic mass is 10.2. The van der Waals surface area contributed by atoms with E-state index in [4.69, 9.17) is 5.26 Å². The normalized spacial score (nSPS) is 9.77. The maximum Gasteiger partial charge on any atom is 0.143 e. The van der Waals surface area contributed by atoms with Crippen molar-refractivity contribution < 1.29 is 0 Å². The summed E-state index contributed by atoms with van der Waals surface area (Å²) in [6.07, 6.45) is 2.01. The Labute approximate surface area is 75.7 Å². The molecule has 0 fully saturated rings. The van der Waals surface area contributed by atoms with Gasteiger partial charge in [-0.2, -0.15) is 5.26 Å². The lowest BCUT2D eigenvalue weighted by Gasteiger charge is -1.96. The third-order valence-electron chi connectivity index (χ3n) is 1.78. The van der Waals surface area contributed by atoms with Crippen LogP contribution in [-0.2, 0) is 6.42 Å². The number of hydrogen-bond acceptors (Lipinski definition) is 3. The van der Waals surface area contributed by atoms with E-state index in [9.17, 15) is 0 Å². The van der Waals surface area contributed by atoms with Crippen LogP contribution in [0.4, 0.5) is 0 Å². The molecule has 0 amide bonds. The van der Waals surface area contributed by atoms with Crippen molar-refractivity contribution in [2.75, 3.05) is 0 Å². The molecule has 0 radical (unpaired) electrons. The predicted octanol–water partition coefficient (Wildman–Crippen LogP) is 1.70. The van der Waals surface area contributed by atoms with Gasteiger partial charge < -0.3 is 0 Å². The summed E-state index contributed by atoms with van der Waals surface area (Å²) in [4.78, 5) is 8.29. The molecule has 3 heteroatoms. The zero-order valence-electron chi connectivity index (χ0n) is 6.94. The Balaban J connectivity index is 2.57. The van der Waals surface area contributed by atoms with Gasteiger partial charge in [-0.25, -0.2) is 9.97 Å². The molecular weight excluding hydrogens is 162 g/mol. The Morgan fingerprint density at radius 2 is 2.15 bits per heavy atom. The molecule has 62 valence electrons. The average molecular weight is 169 g/mol. The first-order valence-corrected chi connectivity index (χ1v) is 3.98. The maximum absolute atomic E-state index is 8.46. The minimum absolute atomic E-state index is 0.269. The quantitative estimate of drug-likeness (QED) is 0.652. The summed E-state index contributed by atoms with van der Waals surface area (Å²) in [6.45, 7) is 0. The third kappa shape index (κ3) is 1.47. The summed E-state index contributed by atoms with van der Waals surface area (Å²) < 4.78 is 0. The molecule has 2 rings (SSSR count). The molecular formula is C10H7N3. The largest absolute Gasteiger partial charge is 0.240 e.